The summed E-state index contributed by atoms with van der Waals surface area (Å²) in [5.41, 5.74) is 0. The average Bonchev–Trinajstić information content (AvgIpc) is 3.22. The lowest BCUT2D eigenvalue weighted by molar-refractivity contribution is 0.112. The first-order chi connectivity index (χ1) is 10.8. The largest absolute Gasteiger partial charge is 0.487 e. The van der Waals surface area contributed by atoms with Crippen molar-refractivity contribution in [3.05, 3.63) is 29.1 Å². The molecule has 0 atom stereocenters. The van der Waals surface area contributed by atoms with Gasteiger partial charge in [-0.3, -0.25) is 4.79 Å². The van der Waals surface area contributed by atoms with Gasteiger partial charge in [0, 0.05) is 30.9 Å². The zero-order valence-corrected chi connectivity index (χ0v) is 14.6. The summed E-state index contributed by atoms with van der Waals surface area (Å²) in [4.78, 5) is 11.8. The third kappa shape index (κ3) is 1.66. The minimum absolute atomic E-state index is 0.806. The SMILES string of the molecule is COc1cc2sc3cc4c(cc3c2s1)sc1cc(C=O)sc14. The second-order valence-electron chi connectivity index (χ2n) is 4.97. The summed E-state index contributed by atoms with van der Waals surface area (Å²) in [5.74, 6) is 0. The highest BCUT2D eigenvalue weighted by Gasteiger charge is 2.15. The van der Waals surface area contributed by atoms with Gasteiger partial charge in [0.1, 0.15) is 0 Å². The van der Waals surface area contributed by atoms with Crippen LogP contribution in [0.25, 0.3) is 39.0 Å². The Hall–Kier alpha value is -1.47. The Labute approximate surface area is 141 Å². The van der Waals surface area contributed by atoms with Crippen molar-refractivity contribution in [2.24, 2.45) is 0 Å². The summed E-state index contributed by atoms with van der Waals surface area (Å²) >= 11 is 6.87. The molecule has 108 valence electrons. The van der Waals surface area contributed by atoms with E-state index >= 15 is 0 Å². The monoisotopic (exact) mass is 360 g/mol. The van der Waals surface area contributed by atoms with Crippen LogP contribution >= 0.6 is 45.3 Å². The number of fused-ring (bicyclic) bond motifs is 6. The first kappa shape index (κ1) is 13.0. The maximum absolute atomic E-state index is 11.0. The Morgan fingerprint density at radius 3 is 2.09 bits per heavy atom. The van der Waals surface area contributed by atoms with E-state index in [2.05, 4.69) is 18.2 Å². The van der Waals surface area contributed by atoms with E-state index < -0.39 is 0 Å². The van der Waals surface area contributed by atoms with Gasteiger partial charge in [-0.1, -0.05) is 11.3 Å². The first-order valence-corrected chi connectivity index (χ1v) is 9.85. The van der Waals surface area contributed by atoms with Gasteiger partial charge >= 0.3 is 0 Å². The fourth-order valence-corrected chi connectivity index (χ4v) is 7.46. The number of thiophene rings is 4. The van der Waals surface area contributed by atoms with Gasteiger partial charge in [0.2, 0.25) is 0 Å². The number of hydrogen-bond donors (Lipinski definition) is 0. The number of ether oxygens (including phenoxy) is 1. The molecule has 5 aromatic rings. The van der Waals surface area contributed by atoms with Gasteiger partial charge in [-0.05, 0) is 18.2 Å². The number of carbonyl (C=O) groups excluding carboxylic acids is 1. The molecule has 1 aromatic carbocycles. The summed E-state index contributed by atoms with van der Waals surface area (Å²) in [5, 5.41) is 3.54. The summed E-state index contributed by atoms with van der Waals surface area (Å²) in [7, 11) is 1.72. The zero-order valence-electron chi connectivity index (χ0n) is 11.3. The summed E-state index contributed by atoms with van der Waals surface area (Å²) < 4.78 is 13.0. The number of benzene rings is 1. The quantitative estimate of drug-likeness (QED) is 0.342. The molecule has 6 heteroatoms. The Bertz CT molecular complexity index is 1190. The van der Waals surface area contributed by atoms with Gasteiger partial charge in [0.05, 0.1) is 26.1 Å². The number of carbonyl (C=O) groups is 1. The minimum atomic E-state index is 0.806. The molecule has 5 rings (SSSR count). The van der Waals surface area contributed by atoms with Crippen LogP contribution in [0.4, 0.5) is 0 Å². The van der Waals surface area contributed by atoms with E-state index in [1.807, 2.05) is 17.4 Å². The second-order valence-corrected chi connectivity index (χ2v) is 9.24. The van der Waals surface area contributed by atoms with E-state index in [4.69, 9.17) is 4.74 Å². The highest BCUT2D eigenvalue weighted by molar-refractivity contribution is 7.35. The van der Waals surface area contributed by atoms with Crippen LogP contribution in [0.3, 0.4) is 0 Å². The van der Waals surface area contributed by atoms with E-state index in [1.165, 1.54) is 39.0 Å². The maximum atomic E-state index is 11.0. The minimum Gasteiger partial charge on any atom is -0.487 e. The number of aldehydes is 1. The Morgan fingerprint density at radius 2 is 1.45 bits per heavy atom. The molecule has 0 saturated carbocycles. The number of methoxy groups -OCH3 is 1. The molecular weight excluding hydrogens is 352 g/mol. The maximum Gasteiger partial charge on any atom is 0.175 e. The highest BCUT2D eigenvalue weighted by atomic mass is 32.1. The molecule has 2 nitrogen and oxygen atoms in total. The molecule has 0 aliphatic carbocycles. The van der Waals surface area contributed by atoms with Gasteiger partial charge < -0.3 is 4.74 Å². The average molecular weight is 361 g/mol. The van der Waals surface area contributed by atoms with Crippen molar-refractivity contribution in [1.29, 1.82) is 0 Å². The predicted molar refractivity (Wildman–Crippen MR) is 99.9 cm³/mol. The van der Waals surface area contributed by atoms with Gasteiger partial charge in [0.15, 0.2) is 11.3 Å². The van der Waals surface area contributed by atoms with Crippen LogP contribution in [0.2, 0.25) is 0 Å². The second kappa shape index (κ2) is 4.52. The highest BCUT2D eigenvalue weighted by Crippen LogP contribution is 2.47. The molecule has 0 spiro atoms. The standard InChI is InChI=1S/C16H8O2S4/c1-18-14-5-13-16(22-14)9-4-10-8(3-11(9)21-13)15-12(20-10)2-7(6-17)19-15/h2-6H,1H3. The molecule has 0 unspecified atom stereocenters. The molecule has 22 heavy (non-hydrogen) atoms. The molecular formula is C16H8O2S4. The van der Waals surface area contributed by atoms with Crippen LogP contribution < -0.4 is 4.74 Å². The predicted octanol–water partition coefficient (Wildman–Crippen LogP) is 6.37. The fourth-order valence-electron chi connectivity index (χ4n) is 2.75. The van der Waals surface area contributed by atoms with Gasteiger partial charge in [-0.15, -0.1) is 34.0 Å². The molecule has 0 aliphatic rings. The normalized spacial score (nSPS) is 12.0. The first-order valence-electron chi connectivity index (χ1n) is 6.58. The van der Waals surface area contributed by atoms with Crippen LogP contribution in [-0.2, 0) is 0 Å². The van der Waals surface area contributed by atoms with Gasteiger partial charge in [-0.25, -0.2) is 0 Å². The lowest BCUT2D eigenvalue weighted by Gasteiger charge is -1.93. The van der Waals surface area contributed by atoms with Crippen LogP contribution in [0.5, 0.6) is 5.06 Å². The third-order valence-corrected chi connectivity index (χ3v) is 8.40. The summed E-state index contributed by atoms with van der Waals surface area (Å²) in [6, 6.07) is 8.68. The fraction of sp³-hybridized carbons (Fsp3) is 0.0625. The molecule has 0 bridgehead atoms. The van der Waals surface area contributed by atoms with Crippen molar-refractivity contribution < 1.29 is 9.53 Å². The van der Waals surface area contributed by atoms with Crippen molar-refractivity contribution in [3.8, 4) is 5.06 Å². The van der Waals surface area contributed by atoms with Crippen LogP contribution in [0, 0.1) is 0 Å². The van der Waals surface area contributed by atoms with E-state index in [0.717, 1.165) is 16.2 Å². The van der Waals surface area contributed by atoms with Crippen molar-refractivity contribution in [3.63, 3.8) is 0 Å². The van der Waals surface area contributed by atoms with E-state index in [-0.39, 0.29) is 0 Å². The van der Waals surface area contributed by atoms with Crippen LogP contribution in [-0.4, -0.2) is 13.4 Å². The lowest BCUT2D eigenvalue weighted by Crippen LogP contribution is -1.73. The molecule has 0 saturated heterocycles. The zero-order chi connectivity index (χ0) is 14.8. The Morgan fingerprint density at radius 1 is 0.818 bits per heavy atom. The lowest BCUT2D eigenvalue weighted by atomic mass is 10.2. The number of rotatable bonds is 2. The molecule has 0 N–H and O–H groups in total. The third-order valence-electron chi connectivity index (χ3n) is 3.72. The van der Waals surface area contributed by atoms with Crippen molar-refractivity contribution in [2.45, 2.75) is 0 Å². The summed E-state index contributed by atoms with van der Waals surface area (Å²) in [6.07, 6.45) is 0.940. The molecule has 0 amide bonds. The Kier molecular flexibility index (Phi) is 2.67. The van der Waals surface area contributed by atoms with E-state index in [1.54, 1.807) is 41.1 Å². The smallest absolute Gasteiger partial charge is 0.175 e. The van der Waals surface area contributed by atoms with Gasteiger partial charge in [0.25, 0.3) is 0 Å². The summed E-state index contributed by atoms with van der Waals surface area (Å²) in [6.45, 7) is 0. The molecule has 4 heterocycles. The van der Waals surface area contributed by atoms with Crippen molar-refractivity contribution >= 4 is 90.6 Å². The van der Waals surface area contributed by atoms with Crippen LogP contribution in [0.1, 0.15) is 9.67 Å². The molecule has 0 aliphatic heterocycles. The molecule has 0 radical (unpaired) electrons. The van der Waals surface area contributed by atoms with Crippen LogP contribution in [0.15, 0.2) is 24.3 Å². The van der Waals surface area contributed by atoms with E-state index in [0.29, 0.717) is 0 Å². The van der Waals surface area contributed by atoms with Crippen molar-refractivity contribution in [2.75, 3.05) is 7.11 Å². The van der Waals surface area contributed by atoms with E-state index in [9.17, 15) is 4.79 Å². The van der Waals surface area contributed by atoms with Crippen molar-refractivity contribution in [1.82, 2.24) is 0 Å². The topological polar surface area (TPSA) is 26.3 Å². The number of hydrogen-bond acceptors (Lipinski definition) is 6. The van der Waals surface area contributed by atoms with Gasteiger partial charge in [-0.2, -0.15) is 0 Å². The molecule has 4 aromatic heterocycles. The molecule has 0 fully saturated rings. The Balaban J connectivity index is 1.89.